The van der Waals surface area contributed by atoms with Gasteiger partial charge in [0.25, 0.3) is 0 Å². The number of rotatable bonds is 3. The molecule has 2 aliphatic heterocycles. The summed E-state index contributed by atoms with van der Waals surface area (Å²) < 4.78 is 0. The van der Waals surface area contributed by atoms with Crippen LogP contribution in [0.2, 0.25) is 0 Å². The van der Waals surface area contributed by atoms with Crippen LogP contribution >= 0.6 is 0 Å². The standard InChI is InChI=1S/C19H32N2O/c1-16-7-13-21(14-8-16)19(22)18-9-11-20(12-10-18)15-17-5-3-2-4-6-17/h2-3,16-18H,4-15H2,1H3/t17-/m0/s1. The molecule has 3 nitrogen and oxygen atoms in total. The molecule has 2 fully saturated rings. The van der Waals surface area contributed by atoms with Crippen molar-refractivity contribution in [3.05, 3.63) is 12.2 Å². The van der Waals surface area contributed by atoms with Crippen LogP contribution in [0.5, 0.6) is 0 Å². The molecule has 0 unspecified atom stereocenters. The van der Waals surface area contributed by atoms with Crippen LogP contribution in [0.3, 0.4) is 0 Å². The molecule has 0 bridgehead atoms. The van der Waals surface area contributed by atoms with Gasteiger partial charge in [0.1, 0.15) is 0 Å². The van der Waals surface area contributed by atoms with Gasteiger partial charge in [0, 0.05) is 25.6 Å². The van der Waals surface area contributed by atoms with E-state index in [1.165, 1.54) is 38.6 Å². The monoisotopic (exact) mass is 304 g/mol. The van der Waals surface area contributed by atoms with Crippen LogP contribution in [0.4, 0.5) is 0 Å². The summed E-state index contributed by atoms with van der Waals surface area (Å²) in [7, 11) is 0. The molecule has 0 aromatic heterocycles. The maximum Gasteiger partial charge on any atom is 0.225 e. The number of hydrogen-bond acceptors (Lipinski definition) is 2. The van der Waals surface area contributed by atoms with Gasteiger partial charge >= 0.3 is 0 Å². The highest BCUT2D eigenvalue weighted by Crippen LogP contribution is 2.26. The Labute approximate surface area is 135 Å². The molecular weight excluding hydrogens is 272 g/mol. The van der Waals surface area contributed by atoms with Gasteiger partial charge in [-0.15, -0.1) is 0 Å². The SMILES string of the molecule is CC1CCN(C(=O)C2CCN(C[C@H]3CC=CCC3)CC2)CC1. The zero-order valence-corrected chi connectivity index (χ0v) is 14.2. The number of amides is 1. The number of carbonyl (C=O) groups is 1. The second-order valence-electron chi connectivity index (χ2n) is 7.73. The third-order valence-corrected chi connectivity index (χ3v) is 5.93. The number of carbonyl (C=O) groups excluding carboxylic acids is 1. The van der Waals surface area contributed by atoms with Crippen LogP contribution in [0.1, 0.15) is 51.9 Å². The van der Waals surface area contributed by atoms with E-state index < -0.39 is 0 Å². The molecule has 3 rings (SSSR count). The molecule has 1 aliphatic carbocycles. The molecule has 3 aliphatic rings. The number of likely N-dealkylation sites (tertiary alicyclic amines) is 2. The Morgan fingerprint density at radius 1 is 1.00 bits per heavy atom. The lowest BCUT2D eigenvalue weighted by molar-refractivity contribution is -0.138. The van der Waals surface area contributed by atoms with Gasteiger partial charge in [-0.1, -0.05) is 19.1 Å². The van der Waals surface area contributed by atoms with Crippen LogP contribution in [0, 0.1) is 17.8 Å². The molecule has 0 aromatic rings. The van der Waals surface area contributed by atoms with Crippen molar-refractivity contribution in [1.82, 2.24) is 9.80 Å². The van der Waals surface area contributed by atoms with Crippen molar-refractivity contribution in [1.29, 1.82) is 0 Å². The van der Waals surface area contributed by atoms with Gasteiger partial charge in [-0.3, -0.25) is 4.79 Å². The molecule has 22 heavy (non-hydrogen) atoms. The van der Waals surface area contributed by atoms with Crippen molar-refractivity contribution in [2.45, 2.75) is 51.9 Å². The van der Waals surface area contributed by atoms with Crippen molar-refractivity contribution in [3.8, 4) is 0 Å². The van der Waals surface area contributed by atoms with Crippen molar-refractivity contribution in [2.75, 3.05) is 32.7 Å². The predicted molar refractivity (Wildman–Crippen MR) is 90.6 cm³/mol. The highest BCUT2D eigenvalue weighted by atomic mass is 16.2. The fourth-order valence-corrected chi connectivity index (χ4v) is 4.24. The zero-order chi connectivity index (χ0) is 15.4. The van der Waals surface area contributed by atoms with E-state index in [2.05, 4.69) is 28.9 Å². The highest BCUT2D eigenvalue weighted by Gasteiger charge is 2.30. The number of allylic oxidation sites excluding steroid dienone is 2. The van der Waals surface area contributed by atoms with Crippen molar-refractivity contribution in [3.63, 3.8) is 0 Å². The van der Waals surface area contributed by atoms with E-state index in [9.17, 15) is 4.79 Å². The van der Waals surface area contributed by atoms with E-state index in [-0.39, 0.29) is 0 Å². The lowest BCUT2D eigenvalue weighted by Gasteiger charge is -2.37. The van der Waals surface area contributed by atoms with Crippen LogP contribution in [0.25, 0.3) is 0 Å². The number of nitrogens with zero attached hydrogens (tertiary/aromatic N) is 2. The summed E-state index contributed by atoms with van der Waals surface area (Å²) in [5.41, 5.74) is 0. The quantitative estimate of drug-likeness (QED) is 0.747. The van der Waals surface area contributed by atoms with E-state index in [0.717, 1.165) is 50.9 Å². The molecule has 124 valence electrons. The maximum absolute atomic E-state index is 12.7. The first kappa shape index (κ1) is 16.0. The molecule has 0 spiro atoms. The largest absolute Gasteiger partial charge is 0.342 e. The summed E-state index contributed by atoms with van der Waals surface area (Å²) in [5, 5.41) is 0. The van der Waals surface area contributed by atoms with Gasteiger partial charge in [-0.25, -0.2) is 0 Å². The first-order valence-corrected chi connectivity index (χ1v) is 9.38. The maximum atomic E-state index is 12.7. The zero-order valence-electron chi connectivity index (χ0n) is 14.2. The highest BCUT2D eigenvalue weighted by molar-refractivity contribution is 5.79. The second-order valence-corrected chi connectivity index (χ2v) is 7.73. The van der Waals surface area contributed by atoms with Crippen LogP contribution in [-0.2, 0) is 4.79 Å². The van der Waals surface area contributed by atoms with Crippen LogP contribution in [0.15, 0.2) is 12.2 Å². The first-order chi connectivity index (χ1) is 10.7. The van der Waals surface area contributed by atoms with E-state index >= 15 is 0 Å². The Kier molecular flexibility index (Phi) is 5.56. The molecule has 2 heterocycles. The van der Waals surface area contributed by atoms with Gasteiger partial charge in [0.05, 0.1) is 0 Å². The fourth-order valence-electron chi connectivity index (χ4n) is 4.24. The van der Waals surface area contributed by atoms with Gasteiger partial charge < -0.3 is 9.80 Å². The van der Waals surface area contributed by atoms with Crippen LogP contribution in [-0.4, -0.2) is 48.4 Å². The third-order valence-electron chi connectivity index (χ3n) is 5.93. The van der Waals surface area contributed by atoms with E-state index in [0.29, 0.717) is 11.8 Å². The molecule has 0 saturated carbocycles. The molecule has 1 amide bonds. The number of piperidine rings is 2. The fraction of sp³-hybridized carbons (Fsp3) is 0.842. The predicted octanol–water partition coefficient (Wildman–Crippen LogP) is 3.31. The molecule has 0 radical (unpaired) electrons. The third kappa shape index (κ3) is 4.13. The molecule has 2 saturated heterocycles. The minimum absolute atomic E-state index is 0.302. The Bertz CT molecular complexity index is 390. The Morgan fingerprint density at radius 2 is 1.73 bits per heavy atom. The van der Waals surface area contributed by atoms with Crippen molar-refractivity contribution in [2.24, 2.45) is 17.8 Å². The Morgan fingerprint density at radius 3 is 2.36 bits per heavy atom. The minimum atomic E-state index is 0.302. The normalized spacial score (nSPS) is 29.0. The molecule has 3 heteroatoms. The van der Waals surface area contributed by atoms with E-state index in [1.807, 2.05) is 0 Å². The van der Waals surface area contributed by atoms with Gasteiger partial charge in [-0.2, -0.15) is 0 Å². The summed E-state index contributed by atoms with van der Waals surface area (Å²) >= 11 is 0. The average molecular weight is 304 g/mol. The summed E-state index contributed by atoms with van der Waals surface area (Å²) in [5.74, 6) is 2.40. The average Bonchev–Trinajstić information content (AvgIpc) is 2.57. The minimum Gasteiger partial charge on any atom is -0.342 e. The van der Waals surface area contributed by atoms with E-state index in [4.69, 9.17) is 0 Å². The lowest BCUT2D eigenvalue weighted by Crippen LogP contribution is -2.46. The van der Waals surface area contributed by atoms with Gasteiger partial charge in [0.2, 0.25) is 5.91 Å². The smallest absolute Gasteiger partial charge is 0.225 e. The topological polar surface area (TPSA) is 23.6 Å². The van der Waals surface area contributed by atoms with Crippen LogP contribution < -0.4 is 0 Å². The van der Waals surface area contributed by atoms with Crippen molar-refractivity contribution < 1.29 is 4.79 Å². The Hall–Kier alpha value is -0.830. The summed E-state index contributed by atoms with van der Waals surface area (Å²) in [6.07, 6.45) is 13.1. The Balaban J connectivity index is 1.41. The lowest BCUT2D eigenvalue weighted by atomic mass is 9.90. The first-order valence-electron chi connectivity index (χ1n) is 9.38. The van der Waals surface area contributed by atoms with Crippen molar-refractivity contribution >= 4 is 5.91 Å². The molecule has 0 N–H and O–H groups in total. The van der Waals surface area contributed by atoms with E-state index in [1.54, 1.807) is 0 Å². The molecule has 0 aromatic carbocycles. The molecule has 1 atom stereocenters. The van der Waals surface area contributed by atoms with Gasteiger partial charge in [0.15, 0.2) is 0 Å². The molecular formula is C19H32N2O. The summed E-state index contributed by atoms with van der Waals surface area (Å²) in [6.45, 7) is 7.79. The second kappa shape index (κ2) is 7.63. The van der Waals surface area contributed by atoms with Gasteiger partial charge in [-0.05, 0) is 69.9 Å². The summed E-state index contributed by atoms with van der Waals surface area (Å²) in [4.78, 5) is 17.4. The number of hydrogen-bond donors (Lipinski definition) is 0. The summed E-state index contributed by atoms with van der Waals surface area (Å²) in [6, 6.07) is 0.